The quantitative estimate of drug-likeness (QED) is 0.848. The zero-order valence-corrected chi connectivity index (χ0v) is 11.5. The van der Waals surface area contributed by atoms with Gasteiger partial charge < -0.3 is 10.3 Å². The van der Waals surface area contributed by atoms with Crippen molar-refractivity contribution in [2.75, 3.05) is 12.3 Å². The normalized spacial score (nSPS) is 16.7. The van der Waals surface area contributed by atoms with Crippen LogP contribution in [-0.2, 0) is 0 Å². The summed E-state index contributed by atoms with van der Waals surface area (Å²) >= 11 is 1.88. The maximum Gasteiger partial charge on any atom is 0.0494 e. The highest BCUT2D eigenvalue weighted by Gasteiger charge is 2.19. The number of hydrogen-bond acceptors (Lipinski definition) is 2. The summed E-state index contributed by atoms with van der Waals surface area (Å²) < 4.78 is 2.50. The van der Waals surface area contributed by atoms with E-state index in [9.17, 15) is 0 Å². The molecule has 1 aliphatic rings. The molecule has 3 rings (SSSR count). The molecule has 0 amide bonds. The molecule has 3 heteroatoms. The lowest BCUT2D eigenvalue weighted by Crippen LogP contribution is -2.02. The van der Waals surface area contributed by atoms with Crippen molar-refractivity contribution in [3.63, 3.8) is 0 Å². The number of nitrogens with two attached hydrogens (primary N) is 1. The molecule has 0 atom stereocenters. The van der Waals surface area contributed by atoms with Crippen LogP contribution in [0.5, 0.6) is 0 Å². The Hall–Kier alpha value is -0.930. The molecule has 1 fully saturated rings. The molecule has 1 saturated carbocycles. The number of para-hydroxylation sites is 1. The first kappa shape index (κ1) is 12.1. The molecule has 0 aliphatic heterocycles. The Balaban J connectivity index is 2.02. The van der Waals surface area contributed by atoms with Crippen LogP contribution in [0.25, 0.3) is 10.9 Å². The smallest absolute Gasteiger partial charge is 0.0494 e. The van der Waals surface area contributed by atoms with Crippen molar-refractivity contribution >= 4 is 22.7 Å². The Morgan fingerprint density at radius 1 is 1.22 bits per heavy atom. The van der Waals surface area contributed by atoms with Gasteiger partial charge >= 0.3 is 0 Å². The highest BCUT2D eigenvalue weighted by Crippen LogP contribution is 2.37. The molecule has 2 N–H and O–H groups in total. The van der Waals surface area contributed by atoms with Crippen LogP contribution in [0.3, 0.4) is 0 Å². The number of thioether (sulfide) groups is 1. The van der Waals surface area contributed by atoms with Crippen LogP contribution in [0.4, 0.5) is 0 Å². The molecule has 0 unspecified atom stereocenters. The van der Waals surface area contributed by atoms with E-state index in [4.69, 9.17) is 5.73 Å². The lowest BCUT2D eigenvalue weighted by molar-refractivity contribution is 0.533. The van der Waals surface area contributed by atoms with E-state index in [2.05, 4.69) is 35.0 Å². The van der Waals surface area contributed by atoms with Crippen molar-refractivity contribution in [3.05, 3.63) is 30.5 Å². The van der Waals surface area contributed by atoms with Gasteiger partial charge in [-0.25, -0.2) is 0 Å². The molecule has 0 saturated heterocycles. The zero-order chi connectivity index (χ0) is 12.4. The molecule has 1 aromatic carbocycles. The van der Waals surface area contributed by atoms with Gasteiger partial charge in [-0.05, 0) is 18.9 Å². The van der Waals surface area contributed by atoms with Gasteiger partial charge in [-0.3, -0.25) is 0 Å². The second kappa shape index (κ2) is 5.37. The fourth-order valence-electron chi connectivity index (χ4n) is 2.94. The van der Waals surface area contributed by atoms with E-state index in [1.54, 1.807) is 0 Å². The summed E-state index contributed by atoms with van der Waals surface area (Å²) in [5.74, 6) is 0.999. The topological polar surface area (TPSA) is 30.9 Å². The third-order valence-electron chi connectivity index (χ3n) is 3.80. The number of rotatable bonds is 4. The molecule has 1 aromatic heterocycles. The van der Waals surface area contributed by atoms with Crippen LogP contribution < -0.4 is 5.73 Å². The minimum atomic E-state index is 0.710. The van der Waals surface area contributed by atoms with Gasteiger partial charge in [-0.15, -0.1) is 11.8 Å². The molecular formula is C15H20N2S. The minimum absolute atomic E-state index is 0.710. The molecule has 2 aromatic rings. The summed E-state index contributed by atoms with van der Waals surface area (Å²) in [4.78, 5) is 1.39. The third-order valence-corrected chi connectivity index (χ3v) is 4.87. The zero-order valence-electron chi connectivity index (χ0n) is 10.6. The van der Waals surface area contributed by atoms with Gasteiger partial charge in [-0.2, -0.15) is 0 Å². The average Bonchev–Trinajstić information content (AvgIpc) is 3.04. The largest absolute Gasteiger partial charge is 0.343 e. The Kier molecular flexibility index (Phi) is 3.62. The lowest BCUT2D eigenvalue weighted by atomic mass is 10.2. The summed E-state index contributed by atoms with van der Waals surface area (Å²) in [6, 6.07) is 9.47. The molecule has 0 bridgehead atoms. The molecule has 18 heavy (non-hydrogen) atoms. The second-order valence-electron chi connectivity index (χ2n) is 4.99. The van der Waals surface area contributed by atoms with E-state index in [1.165, 1.54) is 41.5 Å². The molecule has 1 heterocycles. The summed E-state index contributed by atoms with van der Waals surface area (Å²) in [7, 11) is 0. The number of hydrogen-bond donors (Lipinski definition) is 1. The fraction of sp³-hybridized carbons (Fsp3) is 0.467. The number of fused-ring (bicyclic) bond motifs is 1. The maximum atomic E-state index is 5.62. The first-order valence-corrected chi connectivity index (χ1v) is 7.81. The van der Waals surface area contributed by atoms with E-state index < -0.39 is 0 Å². The molecule has 96 valence electrons. The highest BCUT2D eigenvalue weighted by atomic mass is 32.2. The Bertz CT molecular complexity index is 526. The SMILES string of the molecule is NCCSc1cn(C2CCCC2)c2ccccc12. The number of aromatic nitrogens is 1. The first-order valence-electron chi connectivity index (χ1n) is 6.82. The van der Waals surface area contributed by atoms with Crippen molar-refractivity contribution in [1.82, 2.24) is 4.57 Å². The minimum Gasteiger partial charge on any atom is -0.343 e. The molecule has 0 spiro atoms. The van der Waals surface area contributed by atoms with E-state index in [1.807, 2.05) is 11.8 Å². The van der Waals surface area contributed by atoms with Crippen LogP contribution in [0, 0.1) is 0 Å². The van der Waals surface area contributed by atoms with Crippen molar-refractivity contribution < 1.29 is 0 Å². The maximum absolute atomic E-state index is 5.62. The Morgan fingerprint density at radius 2 is 2.00 bits per heavy atom. The molecule has 2 nitrogen and oxygen atoms in total. The summed E-state index contributed by atoms with van der Waals surface area (Å²) in [5, 5.41) is 1.39. The van der Waals surface area contributed by atoms with Crippen molar-refractivity contribution in [1.29, 1.82) is 0 Å². The van der Waals surface area contributed by atoms with Crippen LogP contribution in [0.2, 0.25) is 0 Å². The van der Waals surface area contributed by atoms with Gasteiger partial charge in [0.15, 0.2) is 0 Å². The summed E-state index contributed by atoms with van der Waals surface area (Å²) in [6.45, 7) is 0.744. The van der Waals surface area contributed by atoms with Crippen molar-refractivity contribution in [2.45, 2.75) is 36.6 Å². The van der Waals surface area contributed by atoms with Gasteiger partial charge in [0.25, 0.3) is 0 Å². The first-order chi connectivity index (χ1) is 8.90. The van der Waals surface area contributed by atoms with E-state index in [-0.39, 0.29) is 0 Å². The summed E-state index contributed by atoms with van der Waals surface area (Å²) in [5.41, 5.74) is 7.01. The van der Waals surface area contributed by atoms with Crippen LogP contribution >= 0.6 is 11.8 Å². The number of benzene rings is 1. The Morgan fingerprint density at radius 3 is 2.78 bits per heavy atom. The highest BCUT2D eigenvalue weighted by molar-refractivity contribution is 7.99. The van der Waals surface area contributed by atoms with Gasteiger partial charge in [0.1, 0.15) is 0 Å². The molecule has 1 aliphatic carbocycles. The predicted octanol–water partition coefficient (Wildman–Crippen LogP) is 3.81. The van der Waals surface area contributed by atoms with Gasteiger partial charge in [0.05, 0.1) is 0 Å². The third kappa shape index (κ3) is 2.17. The predicted molar refractivity (Wildman–Crippen MR) is 79.2 cm³/mol. The molecular weight excluding hydrogens is 240 g/mol. The van der Waals surface area contributed by atoms with E-state index in [0.717, 1.165) is 12.3 Å². The second-order valence-corrected chi connectivity index (χ2v) is 6.13. The molecule has 0 radical (unpaired) electrons. The van der Waals surface area contributed by atoms with Crippen LogP contribution in [-0.4, -0.2) is 16.9 Å². The van der Waals surface area contributed by atoms with Crippen molar-refractivity contribution in [2.24, 2.45) is 5.73 Å². The van der Waals surface area contributed by atoms with Gasteiger partial charge in [0.2, 0.25) is 0 Å². The standard InChI is InChI=1S/C15H20N2S/c16-9-10-18-15-11-17(12-5-1-2-6-12)14-8-4-3-7-13(14)15/h3-4,7-8,11-12H,1-2,5-6,9-10,16H2. The fourth-order valence-corrected chi connectivity index (χ4v) is 3.79. The number of nitrogens with zero attached hydrogens (tertiary/aromatic N) is 1. The van der Waals surface area contributed by atoms with E-state index >= 15 is 0 Å². The Labute approximate surface area is 113 Å². The van der Waals surface area contributed by atoms with Gasteiger partial charge in [-0.1, -0.05) is 31.0 Å². The average molecular weight is 260 g/mol. The van der Waals surface area contributed by atoms with Crippen LogP contribution in [0.15, 0.2) is 35.4 Å². The van der Waals surface area contributed by atoms with E-state index in [0.29, 0.717) is 6.04 Å². The van der Waals surface area contributed by atoms with Crippen LogP contribution in [0.1, 0.15) is 31.7 Å². The van der Waals surface area contributed by atoms with Gasteiger partial charge in [0, 0.05) is 40.3 Å². The van der Waals surface area contributed by atoms with Crippen molar-refractivity contribution in [3.8, 4) is 0 Å². The lowest BCUT2D eigenvalue weighted by Gasteiger charge is -2.12. The monoisotopic (exact) mass is 260 g/mol. The summed E-state index contributed by atoms with van der Waals surface area (Å²) in [6.07, 6.45) is 7.77.